The topological polar surface area (TPSA) is 8.17 Å². The number of fused-ring (bicyclic) bond motifs is 4. The Hall–Kier alpha value is -7.94. The molecule has 10 aromatic carbocycles. The van der Waals surface area contributed by atoms with Crippen LogP contribution < -0.4 is 4.90 Å². The Kier molecular flexibility index (Phi) is 8.87. The third kappa shape index (κ3) is 6.23. The van der Waals surface area contributed by atoms with E-state index in [4.69, 9.17) is 0 Å². The van der Waals surface area contributed by atoms with Gasteiger partial charge < -0.3 is 9.47 Å². The fraction of sp³-hybridized carbons (Fsp3) is 0. The van der Waals surface area contributed by atoms with Gasteiger partial charge >= 0.3 is 0 Å². The van der Waals surface area contributed by atoms with Gasteiger partial charge in [0, 0.05) is 33.4 Å². The molecular weight excluding hydrogens is 725 g/mol. The van der Waals surface area contributed by atoms with E-state index in [0.717, 1.165) is 33.8 Å². The maximum absolute atomic E-state index is 2.44. The van der Waals surface area contributed by atoms with Crippen molar-refractivity contribution in [2.75, 3.05) is 4.90 Å². The molecule has 0 saturated heterocycles. The summed E-state index contributed by atoms with van der Waals surface area (Å²) < 4.78 is 2.44. The highest BCUT2D eigenvalue weighted by Gasteiger charge is 2.22. The van der Waals surface area contributed by atoms with Gasteiger partial charge in [-0.25, -0.2) is 0 Å². The summed E-state index contributed by atoms with van der Waals surface area (Å²) in [4.78, 5) is 2.44. The Morgan fingerprint density at radius 1 is 0.300 bits per heavy atom. The van der Waals surface area contributed by atoms with E-state index in [-0.39, 0.29) is 0 Å². The molecule has 0 fully saturated rings. The van der Waals surface area contributed by atoms with Crippen LogP contribution in [0.4, 0.5) is 17.1 Å². The summed E-state index contributed by atoms with van der Waals surface area (Å²) in [5.41, 5.74) is 16.3. The van der Waals surface area contributed by atoms with E-state index in [1.807, 2.05) is 0 Å². The average Bonchev–Trinajstić information content (AvgIpc) is 3.66. The first-order valence-electron chi connectivity index (χ1n) is 20.6. The Bertz CT molecular complexity index is 3300. The van der Waals surface area contributed by atoms with Crippen molar-refractivity contribution >= 4 is 49.6 Å². The number of benzene rings is 10. The minimum atomic E-state index is 1.08. The molecule has 1 aromatic heterocycles. The molecule has 0 N–H and O–H groups in total. The van der Waals surface area contributed by atoms with Crippen LogP contribution >= 0.6 is 0 Å². The Labute approximate surface area is 350 Å². The molecule has 11 aromatic rings. The van der Waals surface area contributed by atoms with E-state index in [9.17, 15) is 0 Å². The van der Waals surface area contributed by atoms with E-state index in [2.05, 4.69) is 252 Å². The highest BCUT2D eigenvalue weighted by molar-refractivity contribution is 6.16. The van der Waals surface area contributed by atoms with E-state index in [1.165, 1.54) is 66.0 Å². The maximum atomic E-state index is 2.44. The van der Waals surface area contributed by atoms with Gasteiger partial charge in [-0.05, 0) is 104 Å². The lowest BCUT2D eigenvalue weighted by Gasteiger charge is -2.28. The van der Waals surface area contributed by atoms with Gasteiger partial charge in [0.25, 0.3) is 0 Å². The SMILES string of the molecule is c1ccc(-c2cccc(-c3cccc4c3c3ccc(N(c5cccc(-c6cccc7ccccc67)c5)c5ccccc5-c5ccccc5)cc3n4-c3ccccc3)c2)cc1. The van der Waals surface area contributed by atoms with Crippen molar-refractivity contribution in [3.8, 4) is 50.2 Å². The van der Waals surface area contributed by atoms with Gasteiger partial charge in [0.05, 0.1) is 16.7 Å². The number of rotatable bonds is 8. The van der Waals surface area contributed by atoms with Crippen LogP contribution in [0.3, 0.4) is 0 Å². The summed E-state index contributed by atoms with van der Waals surface area (Å²) in [5.74, 6) is 0. The molecule has 0 radical (unpaired) electrons. The molecule has 60 heavy (non-hydrogen) atoms. The zero-order chi connectivity index (χ0) is 39.8. The summed E-state index contributed by atoms with van der Waals surface area (Å²) in [6.45, 7) is 0. The second-order valence-corrected chi connectivity index (χ2v) is 15.3. The van der Waals surface area contributed by atoms with Crippen LogP contribution in [-0.2, 0) is 0 Å². The molecule has 2 heteroatoms. The second kappa shape index (κ2) is 15.1. The minimum Gasteiger partial charge on any atom is -0.310 e. The van der Waals surface area contributed by atoms with Crippen LogP contribution in [0.5, 0.6) is 0 Å². The fourth-order valence-corrected chi connectivity index (χ4v) is 9.03. The van der Waals surface area contributed by atoms with Gasteiger partial charge in [-0.3, -0.25) is 0 Å². The van der Waals surface area contributed by atoms with Gasteiger partial charge in [0.15, 0.2) is 0 Å². The Morgan fingerprint density at radius 2 is 0.867 bits per heavy atom. The van der Waals surface area contributed by atoms with Crippen molar-refractivity contribution < 1.29 is 0 Å². The summed E-state index contributed by atoms with van der Waals surface area (Å²) in [5, 5.41) is 4.92. The Morgan fingerprint density at radius 3 is 1.70 bits per heavy atom. The largest absolute Gasteiger partial charge is 0.310 e. The summed E-state index contributed by atoms with van der Waals surface area (Å²) >= 11 is 0. The van der Waals surface area contributed by atoms with Crippen LogP contribution in [0.25, 0.3) is 82.8 Å². The van der Waals surface area contributed by atoms with Crippen LogP contribution in [0, 0.1) is 0 Å². The van der Waals surface area contributed by atoms with Crippen molar-refractivity contribution in [1.29, 1.82) is 0 Å². The van der Waals surface area contributed by atoms with Crippen molar-refractivity contribution in [3.05, 3.63) is 243 Å². The molecule has 0 aliphatic carbocycles. The lowest BCUT2D eigenvalue weighted by atomic mass is 9.95. The van der Waals surface area contributed by atoms with Crippen LogP contribution in [0.2, 0.25) is 0 Å². The Balaban J connectivity index is 1.16. The zero-order valence-corrected chi connectivity index (χ0v) is 33.0. The van der Waals surface area contributed by atoms with Gasteiger partial charge in [-0.2, -0.15) is 0 Å². The molecule has 0 aliphatic heterocycles. The smallest absolute Gasteiger partial charge is 0.0562 e. The molecular formula is C58H40N2. The third-order valence-corrected chi connectivity index (χ3v) is 11.8. The minimum absolute atomic E-state index is 1.08. The third-order valence-electron chi connectivity index (χ3n) is 11.8. The molecule has 2 nitrogen and oxygen atoms in total. The monoisotopic (exact) mass is 764 g/mol. The summed E-state index contributed by atoms with van der Waals surface area (Å²) in [7, 11) is 0. The molecule has 282 valence electrons. The quantitative estimate of drug-likeness (QED) is 0.150. The average molecular weight is 765 g/mol. The zero-order valence-electron chi connectivity index (χ0n) is 33.0. The molecule has 0 unspecified atom stereocenters. The van der Waals surface area contributed by atoms with E-state index >= 15 is 0 Å². The first-order chi connectivity index (χ1) is 29.8. The van der Waals surface area contributed by atoms with Crippen LogP contribution in [-0.4, -0.2) is 4.57 Å². The number of hydrogen-bond donors (Lipinski definition) is 0. The molecule has 0 bridgehead atoms. The normalized spacial score (nSPS) is 11.3. The first-order valence-corrected chi connectivity index (χ1v) is 20.6. The number of para-hydroxylation sites is 2. The fourth-order valence-electron chi connectivity index (χ4n) is 9.03. The molecule has 0 saturated carbocycles. The van der Waals surface area contributed by atoms with Gasteiger partial charge in [-0.1, -0.05) is 188 Å². The lowest BCUT2D eigenvalue weighted by molar-refractivity contribution is 1.18. The number of anilines is 3. The van der Waals surface area contributed by atoms with Crippen LogP contribution in [0.1, 0.15) is 0 Å². The van der Waals surface area contributed by atoms with Crippen molar-refractivity contribution in [1.82, 2.24) is 4.57 Å². The second-order valence-electron chi connectivity index (χ2n) is 15.3. The van der Waals surface area contributed by atoms with Gasteiger partial charge in [0.2, 0.25) is 0 Å². The standard InChI is InChI=1S/C58H40N2/c1-4-18-41(19-5-1)44-24-14-25-45(38-44)53-33-17-35-56-58(53)54-37-36-49(40-57(54)60(56)47-27-8-3-9-28-47)59(55-34-13-12-31-52(55)43-20-6-2-7-21-43)48-29-15-26-46(39-48)51-32-16-23-42-22-10-11-30-50(42)51/h1-40H. The van der Waals surface area contributed by atoms with Crippen molar-refractivity contribution in [3.63, 3.8) is 0 Å². The predicted octanol–water partition coefficient (Wildman–Crippen LogP) is 16.1. The summed E-state index contributed by atoms with van der Waals surface area (Å²) in [6, 6.07) is 87.9. The predicted molar refractivity (Wildman–Crippen MR) is 255 cm³/mol. The van der Waals surface area contributed by atoms with Crippen molar-refractivity contribution in [2.24, 2.45) is 0 Å². The van der Waals surface area contributed by atoms with Crippen molar-refractivity contribution in [2.45, 2.75) is 0 Å². The van der Waals surface area contributed by atoms with Gasteiger partial charge in [0.1, 0.15) is 0 Å². The van der Waals surface area contributed by atoms with E-state index < -0.39 is 0 Å². The number of hydrogen-bond acceptors (Lipinski definition) is 1. The lowest BCUT2D eigenvalue weighted by Crippen LogP contribution is -2.11. The highest BCUT2D eigenvalue weighted by Crippen LogP contribution is 2.46. The van der Waals surface area contributed by atoms with Gasteiger partial charge in [-0.15, -0.1) is 0 Å². The number of aromatic nitrogens is 1. The molecule has 0 atom stereocenters. The molecule has 0 spiro atoms. The molecule has 11 rings (SSSR count). The molecule has 0 amide bonds. The van der Waals surface area contributed by atoms with E-state index in [0.29, 0.717) is 0 Å². The van der Waals surface area contributed by atoms with Crippen LogP contribution in [0.15, 0.2) is 243 Å². The molecule has 0 aliphatic rings. The summed E-state index contributed by atoms with van der Waals surface area (Å²) in [6.07, 6.45) is 0. The maximum Gasteiger partial charge on any atom is 0.0562 e. The first kappa shape index (κ1) is 35.2. The molecule has 1 heterocycles. The number of nitrogens with zero attached hydrogens (tertiary/aromatic N) is 2. The highest BCUT2D eigenvalue weighted by atomic mass is 15.1. The van der Waals surface area contributed by atoms with E-state index in [1.54, 1.807) is 0 Å².